The highest BCUT2D eigenvalue weighted by molar-refractivity contribution is 7.99. The van der Waals surface area contributed by atoms with Crippen molar-refractivity contribution in [2.75, 3.05) is 11.1 Å². The smallest absolute Gasteiger partial charge is 0.250 e. The Morgan fingerprint density at radius 3 is 2.75 bits per heavy atom. The number of rotatable bonds is 10. The van der Waals surface area contributed by atoms with Crippen LogP contribution in [0.4, 0.5) is 5.69 Å². The summed E-state index contributed by atoms with van der Waals surface area (Å²) in [6.07, 6.45) is 1.69. The van der Waals surface area contributed by atoms with Crippen LogP contribution in [-0.4, -0.2) is 32.3 Å². The summed E-state index contributed by atoms with van der Waals surface area (Å²) in [5, 5.41) is 12.4. The molecule has 11 heteroatoms. The first-order valence-corrected chi connectivity index (χ1v) is 11.1. The molecule has 0 unspecified atom stereocenters. The number of nitrogens with one attached hydrogen (secondary N) is 1. The molecule has 0 aliphatic heterocycles. The Labute approximate surface area is 198 Å². The lowest BCUT2D eigenvalue weighted by Gasteiger charge is -2.11. The van der Waals surface area contributed by atoms with E-state index < -0.39 is 5.91 Å². The van der Waals surface area contributed by atoms with Crippen molar-refractivity contribution in [3.05, 3.63) is 76.6 Å². The van der Waals surface area contributed by atoms with Gasteiger partial charge in [-0.1, -0.05) is 53.2 Å². The third-order valence-electron chi connectivity index (χ3n) is 4.15. The predicted molar refractivity (Wildman–Crippen MR) is 125 cm³/mol. The molecule has 0 saturated carbocycles. The fourth-order valence-electron chi connectivity index (χ4n) is 2.70. The number of para-hydroxylation sites is 1. The molecule has 8 nitrogen and oxygen atoms in total. The number of carbonyl (C=O) groups excluding carboxylic acids is 2. The normalized spacial score (nSPS) is 10.6. The Bertz CT molecular complexity index is 1150. The maximum Gasteiger partial charge on any atom is 0.250 e. The fourth-order valence-corrected chi connectivity index (χ4v) is 3.80. The van der Waals surface area contributed by atoms with Gasteiger partial charge in [-0.3, -0.25) is 14.2 Å². The molecule has 3 N–H and O–H groups in total. The number of hydrogen-bond acceptors (Lipinski definition) is 6. The van der Waals surface area contributed by atoms with Gasteiger partial charge in [0.25, 0.3) is 5.91 Å². The Morgan fingerprint density at radius 1 is 1.22 bits per heavy atom. The summed E-state index contributed by atoms with van der Waals surface area (Å²) in [4.78, 5) is 23.9. The van der Waals surface area contributed by atoms with E-state index >= 15 is 0 Å². The fraction of sp³-hybridized carbons (Fsp3) is 0.143. The molecule has 0 atom stereocenters. The van der Waals surface area contributed by atoms with Gasteiger partial charge in [0, 0.05) is 17.6 Å². The zero-order valence-electron chi connectivity index (χ0n) is 16.8. The Balaban J connectivity index is 1.66. The first-order valence-electron chi connectivity index (χ1n) is 9.31. The lowest BCUT2D eigenvalue weighted by molar-refractivity contribution is -0.113. The van der Waals surface area contributed by atoms with Crippen molar-refractivity contribution in [1.82, 2.24) is 14.8 Å². The van der Waals surface area contributed by atoms with Gasteiger partial charge in [0.2, 0.25) is 5.91 Å². The van der Waals surface area contributed by atoms with Gasteiger partial charge in [-0.05, 0) is 24.3 Å². The van der Waals surface area contributed by atoms with Gasteiger partial charge in [0.1, 0.15) is 12.4 Å². The molecule has 32 heavy (non-hydrogen) atoms. The van der Waals surface area contributed by atoms with E-state index in [1.54, 1.807) is 53.1 Å². The highest BCUT2D eigenvalue weighted by Gasteiger charge is 2.16. The molecule has 0 saturated heterocycles. The van der Waals surface area contributed by atoms with E-state index in [1.165, 1.54) is 11.8 Å². The van der Waals surface area contributed by atoms with E-state index in [4.69, 9.17) is 33.7 Å². The zero-order chi connectivity index (χ0) is 23.1. The number of amides is 2. The molecule has 2 amide bonds. The molecule has 0 bridgehead atoms. The maximum absolute atomic E-state index is 12.4. The van der Waals surface area contributed by atoms with E-state index in [0.717, 1.165) is 0 Å². The second kappa shape index (κ2) is 11.0. The largest absolute Gasteiger partial charge is 0.484 e. The molecular formula is C21H19Cl2N5O3S. The van der Waals surface area contributed by atoms with Crippen molar-refractivity contribution in [1.29, 1.82) is 0 Å². The van der Waals surface area contributed by atoms with Crippen molar-refractivity contribution in [3.8, 4) is 5.75 Å². The first kappa shape index (κ1) is 23.6. The molecule has 0 aliphatic carbocycles. The number of ether oxygens (including phenoxy) is 1. The Morgan fingerprint density at radius 2 is 2.00 bits per heavy atom. The molecule has 0 radical (unpaired) electrons. The molecule has 2 aromatic carbocycles. The number of aromatic nitrogens is 3. The molecule has 1 heterocycles. The minimum Gasteiger partial charge on any atom is -0.484 e. The summed E-state index contributed by atoms with van der Waals surface area (Å²) in [5.41, 5.74) is 5.93. The summed E-state index contributed by atoms with van der Waals surface area (Å²) < 4.78 is 7.52. The van der Waals surface area contributed by atoms with Crippen LogP contribution < -0.4 is 15.8 Å². The number of primary amides is 1. The summed E-state index contributed by atoms with van der Waals surface area (Å²) in [7, 11) is 0. The SMILES string of the molecule is C=CCn1c(COc2cc(Cl)ccc2Cl)nnc1SCC(=O)Nc1ccccc1C(N)=O. The zero-order valence-corrected chi connectivity index (χ0v) is 19.1. The molecular weight excluding hydrogens is 473 g/mol. The average molecular weight is 492 g/mol. The van der Waals surface area contributed by atoms with Crippen LogP contribution in [0.15, 0.2) is 60.3 Å². The highest BCUT2D eigenvalue weighted by atomic mass is 35.5. The lowest BCUT2D eigenvalue weighted by atomic mass is 10.1. The molecule has 0 aliphatic rings. The highest BCUT2D eigenvalue weighted by Crippen LogP contribution is 2.28. The molecule has 0 spiro atoms. The molecule has 3 rings (SSSR count). The number of carbonyl (C=O) groups is 2. The van der Waals surface area contributed by atoms with Crippen LogP contribution in [0.5, 0.6) is 5.75 Å². The van der Waals surface area contributed by atoms with Crippen LogP contribution in [0.3, 0.4) is 0 Å². The van der Waals surface area contributed by atoms with E-state index in [2.05, 4.69) is 22.1 Å². The quantitative estimate of drug-likeness (QED) is 0.325. The standard InChI is InChI=1S/C21H19Cl2N5O3S/c1-2-9-28-18(11-31-17-10-13(22)7-8-15(17)23)26-27-21(28)32-12-19(29)25-16-6-4-3-5-14(16)20(24)30/h2-8,10H,1,9,11-12H2,(H2,24,30)(H,25,29). The third kappa shape index (κ3) is 6.03. The molecule has 3 aromatic rings. The van der Waals surface area contributed by atoms with Gasteiger partial charge in [-0.15, -0.1) is 16.8 Å². The van der Waals surface area contributed by atoms with E-state index in [0.29, 0.717) is 39.0 Å². The van der Waals surface area contributed by atoms with Gasteiger partial charge >= 0.3 is 0 Å². The third-order valence-corrected chi connectivity index (χ3v) is 5.67. The Hall–Kier alpha value is -3.01. The summed E-state index contributed by atoms with van der Waals surface area (Å²) in [5.74, 6) is 0.0598. The van der Waals surface area contributed by atoms with Gasteiger partial charge in [-0.25, -0.2) is 0 Å². The molecule has 1 aromatic heterocycles. The van der Waals surface area contributed by atoms with E-state index in [1.807, 2.05) is 0 Å². The number of halogens is 2. The van der Waals surface area contributed by atoms with Crippen LogP contribution in [0.25, 0.3) is 0 Å². The van der Waals surface area contributed by atoms with Crippen LogP contribution in [0.1, 0.15) is 16.2 Å². The van der Waals surface area contributed by atoms with Gasteiger partial charge in [0.05, 0.1) is 22.0 Å². The second-order valence-corrected chi connectivity index (χ2v) is 8.19. The van der Waals surface area contributed by atoms with Crippen LogP contribution in [0, 0.1) is 0 Å². The minimum absolute atomic E-state index is 0.0450. The molecule has 0 fully saturated rings. The molecule has 166 valence electrons. The summed E-state index contributed by atoms with van der Waals surface area (Å²) >= 11 is 13.3. The van der Waals surface area contributed by atoms with Crippen molar-refractivity contribution in [2.24, 2.45) is 5.73 Å². The van der Waals surface area contributed by atoms with Crippen molar-refractivity contribution in [2.45, 2.75) is 18.3 Å². The number of anilines is 1. The number of benzene rings is 2. The number of allylic oxidation sites excluding steroid dienone is 1. The maximum atomic E-state index is 12.4. The van der Waals surface area contributed by atoms with Crippen molar-refractivity contribution < 1.29 is 14.3 Å². The van der Waals surface area contributed by atoms with E-state index in [9.17, 15) is 9.59 Å². The van der Waals surface area contributed by atoms with Gasteiger partial charge in [-0.2, -0.15) is 0 Å². The van der Waals surface area contributed by atoms with Crippen molar-refractivity contribution in [3.63, 3.8) is 0 Å². The van der Waals surface area contributed by atoms with Gasteiger partial charge in [0.15, 0.2) is 11.0 Å². The van der Waals surface area contributed by atoms with Crippen molar-refractivity contribution >= 4 is 52.5 Å². The van der Waals surface area contributed by atoms with Crippen LogP contribution in [-0.2, 0) is 17.9 Å². The monoisotopic (exact) mass is 491 g/mol. The lowest BCUT2D eigenvalue weighted by Crippen LogP contribution is -2.19. The average Bonchev–Trinajstić information content (AvgIpc) is 3.15. The Kier molecular flexibility index (Phi) is 8.15. The summed E-state index contributed by atoms with van der Waals surface area (Å²) in [6, 6.07) is 11.4. The summed E-state index contributed by atoms with van der Waals surface area (Å²) in [6.45, 7) is 4.27. The topological polar surface area (TPSA) is 112 Å². The first-order chi connectivity index (χ1) is 15.4. The number of nitrogens with zero attached hydrogens (tertiary/aromatic N) is 3. The van der Waals surface area contributed by atoms with E-state index in [-0.39, 0.29) is 23.8 Å². The number of hydrogen-bond donors (Lipinski definition) is 2. The van der Waals surface area contributed by atoms with Crippen LogP contribution >= 0.6 is 35.0 Å². The predicted octanol–water partition coefficient (Wildman–Crippen LogP) is 4.18. The minimum atomic E-state index is -0.622. The van der Waals surface area contributed by atoms with Crippen LogP contribution in [0.2, 0.25) is 10.0 Å². The number of thioether (sulfide) groups is 1. The van der Waals surface area contributed by atoms with Gasteiger partial charge < -0.3 is 15.8 Å². The number of nitrogens with two attached hydrogens (primary N) is 1. The second-order valence-electron chi connectivity index (χ2n) is 6.41.